The summed E-state index contributed by atoms with van der Waals surface area (Å²) in [5, 5.41) is 2.79. The lowest BCUT2D eigenvalue weighted by molar-refractivity contribution is -0.149. The molecule has 5 rings (SSSR count). The number of Topliss-reactive ketones (excluding diaryl/α,β-unsaturated/α-hetero) is 1. The van der Waals surface area contributed by atoms with Crippen molar-refractivity contribution in [1.29, 1.82) is 0 Å². The SMILES string of the molecule is CC(C)[C@H](N)C(=O)Nc1ccc2c(c1)CC(=O)C21OCN(CC(=O)N(Cc2ccccc2)[C@@H](C)C2CC2)C1=O. The van der Waals surface area contributed by atoms with Gasteiger partial charge in [0.15, 0.2) is 5.78 Å². The topological polar surface area (TPSA) is 122 Å². The van der Waals surface area contributed by atoms with Gasteiger partial charge in [-0.2, -0.15) is 0 Å². The van der Waals surface area contributed by atoms with Crippen molar-refractivity contribution < 1.29 is 23.9 Å². The Labute approximate surface area is 228 Å². The molecule has 206 valence electrons. The molecule has 1 spiro atoms. The van der Waals surface area contributed by atoms with Crippen molar-refractivity contribution in [2.45, 2.75) is 64.3 Å². The van der Waals surface area contributed by atoms with Crippen LogP contribution >= 0.6 is 0 Å². The number of amides is 3. The molecule has 1 unspecified atom stereocenters. The fraction of sp³-hybridized carbons (Fsp3) is 0.467. The molecular formula is C30H36N4O5. The lowest BCUT2D eigenvalue weighted by atomic mass is 9.93. The number of benzene rings is 2. The summed E-state index contributed by atoms with van der Waals surface area (Å²) in [4.78, 5) is 56.0. The van der Waals surface area contributed by atoms with Crippen molar-refractivity contribution in [2.75, 3.05) is 18.6 Å². The van der Waals surface area contributed by atoms with Gasteiger partial charge in [-0.3, -0.25) is 19.2 Å². The fourth-order valence-electron chi connectivity index (χ4n) is 5.49. The van der Waals surface area contributed by atoms with Gasteiger partial charge >= 0.3 is 0 Å². The van der Waals surface area contributed by atoms with Crippen molar-refractivity contribution in [1.82, 2.24) is 9.80 Å². The first-order chi connectivity index (χ1) is 18.6. The van der Waals surface area contributed by atoms with Crippen molar-refractivity contribution in [3.63, 3.8) is 0 Å². The number of ether oxygens (including phenoxy) is 1. The molecule has 2 aromatic rings. The largest absolute Gasteiger partial charge is 0.334 e. The van der Waals surface area contributed by atoms with Gasteiger partial charge in [0.05, 0.1) is 6.04 Å². The molecule has 0 aromatic heterocycles. The molecule has 9 nitrogen and oxygen atoms in total. The van der Waals surface area contributed by atoms with Crippen LogP contribution in [0.2, 0.25) is 0 Å². The molecule has 0 radical (unpaired) electrons. The lowest BCUT2D eigenvalue weighted by Crippen LogP contribution is -2.48. The highest BCUT2D eigenvalue weighted by Crippen LogP contribution is 2.43. The van der Waals surface area contributed by atoms with E-state index in [1.54, 1.807) is 18.2 Å². The van der Waals surface area contributed by atoms with Gasteiger partial charge < -0.3 is 25.6 Å². The molecule has 1 heterocycles. The Bertz CT molecular complexity index is 1290. The van der Waals surface area contributed by atoms with E-state index in [0.29, 0.717) is 29.3 Å². The van der Waals surface area contributed by atoms with E-state index in [9.17, 15) is 19.2 Å². The van der Waals surface area contributed by atoms with Crippen LogP contribution in [0, 0.1) is 11.8 Å². The van der Waals surface area contributed by atoms with E-state index >= 15 is 0 Å². The standard InChI is InChI=1S/C30H36N4O5/c1-18(2)27(31)28(37)32-23-11-12-24-22(13-23)14-25(35)30(24)29(38)33(17-39-30)16-26(36)34(19(3)21-9-10-21)15-20-7-5-4-6-8-20/h4-8,11-13,18-19,21,27H,9-10,14-17,31H2,1-3H3,(H,32,37)/t19-,27-,30?/m0/s1. The summed E-state index contributed by atoms with van der Waals surface area (Å²) in [6.45, 7) is 5.94. The number of hydrogen-bond acceptors (Lipinski definition) is 6. The Hall–Kier alpha value is -3.56. The minimum atomic E-state index is -1.75. The van der Waals surface area contributed by atoms with E-state index in [2.05, 4.69) is 12.2 Å². The maximum atomic E-state index is 13.7. The Balaban J connectivity index is 1.32. The van der Waals surface area contributed by atoms with Gasteiger partial charge in [0.1, 0.15) is 13.3 Å². The summed E-state index contributed by atoms with van der Waals surface area (Å²) in [6, 6.07) is 14.2. The van der Waals surface area contributed by atoms with Crippen molar-refractivity contribution >= 4 is 29.2 Å². The molecule has 3 N–H and O–H groups in total. The molecule has 1 saturated heterocycles. The zero-order chi connectivity index (χ0) is 27.9. The number of carbonyl (C=O) groups is 4. The van der Waals surface area contributed by atoms with E-state index in [1.807, 2.05) is 49.1 Å². The van der Waals surface area contributed by atoms with Crippen LogP contribution in [0.15, 0.2) is 48.5 Å². The second-order valence-corrected chi connectivity index (χ2v) is 11.3. The summed E-state index contributed by atoms with van der Waals surface area (Å²) < 4.78 is 5.92. The Morgan fingerprint density at radius 1 is 1.13 bits per heavy atom. The van der Waals surface area contributed by atoms with Gasteiger partial charge in [-0.1, -0.05) is 50.2 Å². The molecule has 0 bridgehead atoms. The van der Waals surface area contributed by atoms with Crippen molar-refractivity contribution in [3.8, 4) is 0 Å². The number of carbonyl (C=O) groups excluding carboxylic acids is 4. The maximum absolute atomic E-state index is 13.7. The fourth-order valence-corrected chi connectivity index (χ4v) is 5.49. The average molecular weight is 533 g/mol. The maximum Gasteiger partial charge on any atom is 0.269 e. The minimum Gasteiger partial charge on any atom is -0.334 e. The number of rotatable bonds is 9. The number of hydrogen-bond donors (Lipinski definition) is 2. The number of anilines is 1. The van der Waals surface area contributed by atoms with E-state index in [4.69, 9.17) is 10.5 Å². The highest BCUT2D eigenvalue weighted by molar-refractivity contribution is 6.15. The number of fused-ring (bicyclic) bond motifs is 2. The van der Waals surface area contributed by atoms with Crippen LogP contribution in [0.4, 0.5) is 5.69 Å². The molecule has 39 heavy (non-hydrogen) atoms. The zero-order valence-electron chi connectivity index (χ0n) is 22.7. The molecule has 2 aliphatic carbocycles. The van der Waals surface area contributed by atoms with Gasteiger partial charge in [0, 0.05) is 30.3 Å². The van der Waals surface area contributed by atoms with Gasteiger partial charge in [-0.15, -0.1) is 0 Å². The highest BCUT2D eigenvalue weighted by atomic mass is 16.5. The van der Waals surface area contributed by atoms with Gasteiger partial charge in [-0.05, 0) is 54.9 Å². The van der Waals surface area contributed by atoms with Gasteiger partial charge in [-0.25, -0.2) is 0 Å². The summed E-state index contributed by atoms with van der Waals surface area (Å²) in [7, 11) is 0. The predicted octanol–water partition coefficient (Wildman–Crippen LogP) is 2.57. The monoisotopic (exact) mass is 532 g/mol. The third kappa shape index (κ3) is 5.08. The van der Waals surface area contributed by atoms with Crippen LogP contribution in [0.5, 0.6) is 0 Å². The quantitative estimate of drug-likeness (QED) is 0.479. The normalized spacial score (nSPS) is 21.8. The van der Waals surface area contributed by atoms with Gasteiger partial charge in [0.2, 0.25) is 17.4 Å². The Morgan fingerprint density at radius 3 is 2.51 bits per heavy atom. The minimum absolute atomic E-state index is 0.00164. The van der Waals surface area contributed by atoms with Crippen LogP contribution in [0.25, 0.3) is 0 Å². The molecule has 3 aliphatic rings. The number of ketones is 1. The van der Waals surface area contributed by atoms with Crippen LogP contribution in [0.3, 0.4) is 0 Å². The van der Waals surface area contributed by atoms with E-state index in [1.165, 1.54) is 4.90 Å². The smallest absolute Gasteiger partial charge is 0.269 e. The van der Waals surface area contributed by atoms with Crippen LogP contribution < -0.4 is 11.1 Å². The van der Waals surface area contributed by atoms with Gasteiger partial charge in [0.25, 0.3) is 5.91 Å². The highest BCUT2D eigenvalue weighted by Gasteiger charge is 2.59. The van der Waals surface area contributed by atoms with Crippen LogP contribution in [-0.4, -0.2) is 58.7 Å². The molecule has 2 fully saturated rings. The molecule has 1 aliphatic heterocycles. The lowest BCUT2D eigenvalue weighted by Gasteiger charge is -2.31. The van der Waals surface area contributed by atoms with Crippen molar-refractivity contribution in [3.05, 3.63) is 65.2 Å². The molecule has 3 amide bonds. The summed E-state index contributed by atoms with van der Waals surface area (Å²) in [5.41, 5.74) is 6.80. The van der Waals surface area contributed by atoms with Crippen LogP contribution in [0.1, 0.15) is 50.3 Å². The molecule has 3 atom stereocenters. The first-order valence-corrected chi connectivity index (χ1v) is 13.6. The number of nitrogens with zero attached hydrogens (tertiary/aromatic N) is 2. The first-order valence-electron chi connectivity index (χ1n) is 13.6. The van der Waals surface area contributed by atoms with E-state index in [-0.39, 0.29) is 49.3 Å². The number of nitrogens with two attached hydrogens (primary N) is 1. The summed E-state index contributed by atoms with van der Waals surface area (Å²) in [6.07, 6.45) is 2.18. The summed E-state index contributed by atoms with van der Waals surface area (Å²) in [5.74, 6) is -0.940. The average Bonchev–Trinajstić information content (AvgIpc) is 3.67. The Kier molecular flexibility index (Phi) is 7.31. The summed E-state index contributed by atoms with van der Waals surface area (Å²) >= 11 is 0. The molecule has 2 aromatic carbocycles. The molecular weight excluding hydrogens is 496 g/mol. The third-order valence-corrected chi connectivity index (χ3v) is 8.18. The predicted molar refractivity (Wildman–Crippen MR) is 145 cm³/mol. The first kappa shape index (κ1) is 27.0. The Morgan fingerprint density at radius 2 is 1.85 bits per heavy atom. The van der Waals surface area contributed by atoms with Crippen LogP contribution in [-0.2, 0) is 42.5 Å². The van der Waals surface area contributed by atoms with E-state index < -0.39 is 17.6 Å². The second-order valence-electron chi connectivity index (χ2n) is 11.3. The van der Waals surface area contributed by atoms with Crippen molar-refractivity contribution in [2.24, 2.45) is 17.6 Å². The molecule has 1 saturated carbocycles. The molecule has 9 heteroatoms. The second kappa shape index (κ2) is 10.5. The van der Waals surface area contributed by atoms with E-state index in [0.717, 1.165) is 18.4 Å². The zero-order valence-corrected chi connectivity index (χ0v) is 22.7. The number of nitrogens with one attached hydrogen (secondary N) is 1. The third-order valence-electron chi connectivity index (χ3n) is 8.18.